The maximum Gasteiger partial charge on any atom is 0.203 e. The first-order valence-corrected chi connectivity index (χ1v) is 5.52. The van der Waals surface area contributed by atoms with Gasteiger partial charge < -0.3 is 14.2 Å². The molecule has 0 aliphatic rings. The lowest BCUT2D eigenvalue weighted by atomic mass is 9.96. The largest absolute Gasteiger partial charge is 0.493 e. The first kappa shape index (κ1) is 13.9. The van der Waals surface area contributed by atoms with E-state index >= 15 is 0 Å². The van der Waals surface area contributed by atoms with Gasteiger partial charge in [-0.2, -0.15) is 5.26 Å². The van der Waals surface area contributed by atoms with Crippen LogP contribution in [0.4, 0.5) is 0 Å². The minimum absolute atomic E-state index is 0.267. The lowest BCUT2D eigenvalue weighted by Crippen LogP contribution is -2.00. The number of nitriles is 1. The topological polar surface area (TPSA) is 51.5 Å². The van der Waals surface area contributed by atoms with E-state index in [1.807, 2.05) is 0 Å². The van der Waals surface area contributed by atoms with Gasteiger partial charge >= 0.3 is 0 Å². The third kappa shape index (κ3) is 2.75. The molecule has 96 valence electrons. The standard InChI is InChI=1S/C14H17NO3/c1-5-6-10(9-15)11-7-12(16-2)14(18-4)13(8-11)17-3/h5,7-8,10H,1,6H2,2-4H3/t10-/m1/s1. The molecule has 0 aliphatic carbocycles. The Kier molecular flexibility index (Phi) is 5.06. The quantitative estimate of drug-likeness (QED) is 0.725. The van der Waals surface area contributed by atoms with Gasteiger partial charge in [0.05, 0.1) is 33.3 Å². The third-order valence-electron chi connectivity index (χ3n) is 2.65. The summed E-state index contributed by atoms with van der Waals surface area (Å²) in [5.74, 6) is 1.36. The van der Waals surface area contributed by atoms with Crippen molar-refractivity contribution in [2.45, 2.75) is 12.3 Å². The minimum Gasteiger partial charge on any atom is -0.493 e. The van der Waals surface area contributed by atoms with Crippen molar-refractivity contribution >= 4 is 0 Å². The van der Waals surface area contributed by atoms with Gasteiger partial charge in [-0.1, -0.05) is 6.08 Å². The molecule has 0 N–H and O–H groups in total. The number of methoxy groups -OCH3 is 3. The van der Waals surface area contributed by atoms with Gasteiger partial charge in [0.15, 0.2) is 11.5 Å². The second kappa shape index (κ2) is 6.55. The van der Waals surface area contributed by atoms with E-state index in [4.69, 9.17) is 19.5 Å². The van der Waals surface area contributed by atoms with Crippen LogP contribution in [0.15, 0.2) is 24.8 Å². The van der Waals surface area contributed by atoms with E-state index in [1.54, 1.807) is 39.5 Å². The van der Waals surface area contributed by atoms with Crippen LogP contribution < -0.4 is 14.2 Å². The van der Waals surface area contributed by atoms with Gasteiger partial charge in [0.25, 0.3) is 0 Å². The van der Waals surface area contributed by atoms with Crippen molar-refractivity contribution in [1.82, 2.24) is 0 Å². The molecule has 0 fully saturated rings. The van der Waals surface area contributed by atoms with E-state index in [9.17, 15) is 0 Å². The maximum absolute atomic E-state index is 9.15. The molecule has 1 aromatic carbocycles. The Morgan fingerprint density at radius 3 is 2.11 bits per heavy atom. The molecule has 0 unspecified atom stereocenters. The number of rotatable bonds is 6. The Labute approximate surface area is 107 Å². The van der Waals surface area contributed by atoms with E-state index in [0.29, 0.717) is 23.7 Å². The highest BCUT2D eigenvalue weighted by molar-refractivity contribution is 5.55. The second-order valence-electron chi connectivity index (χ2n) is 3.66. The third-order valence-corrected chi connectivity index (χ3v) is 2.65. The fourth-order valence-electron chi connectivity index (χ4n) is 1.73. The van der Waals surface area contributed by atoms with Crippen molar-refractivity contribution < 1.29 is 14.2 Å². The smallest absolute Gasteiger partial charge is 0.203 e. The molecular formula is C14H17NO3. The average molecular weight is 247 g/mol. The van der Waals surface area contributed by atoms with Crippen LogP contribution in [0, 0.1) is 11.3 Å². The average Bonchev–Trinajstić information content (AvgIpc) is 2.42. The number of nitrogens with zero attached hydrogens (tertiary/aromatic N) is 1. The summed E-state index contributed by atoms with van der Waals surface area (Å²) < 4.78 is 15.7. The van der Waals surface area contributed by atoms with Crippen LogP contribution in [0.25, 0.3) is 0 Å². The van der Waals surface area contributed by atoms with E-state index in [1.165, 1.54) is 0 Å². The molecule has 0 radical (unpaired) electrons. The van der Waals surface area contributed by atoms with E-state index in [0.717, 1.165) is 5.56 Å². The molecule has 1 atom stereocenters. The molecule has 0 amide bonds. The van der Waals surface area contributed by atoms with Crippen LogP contribution in [-0.2, 0) is 0 Å². The van der Waals surface area contributed by atoms with Crippen LogP contribution in [0.2, 0.25) is 0 Å². The summed E-state index contributed by atoms with van der Waals surface area (Å²) in [6, 6.07) is 5.82. The molecule has 0 aliphatic heterocycles. The van der Waals surface area contributed by atoms with Crippen LogP contribution in [0.1, 0.15) is 17.9 Å². The van der Waals surface area contributed by atoms with Gasteiger partial charge in [-0.15, -0.1) is 6.58 Å². The van der Waals surface area contributed by atoms with Gasteiger partial charge in [0.1, 0.15) is 0 Å². The Bertz CT molecular complexity index is 438. The predicted octanol–water partition coefficient (Wildman–Crippen LogP) is 2.90. The zero-order chi connectivity index (χ0) is 13.5. The summed E-state index contributed by atoms with van der Waals surface area (Å²) >= 11 is 0. The number of allylic oxidation sites excluding steroid dienone is 1. The van der Waals surface area contributed by atoms with Crippen LogP contribution in [-0.4, -0.2) is 21.3 Å². The van der Waals surface area contributed by atoms with Gasteiger partial charge in [-0.25, -0.2) is 0 Å². The highest BCUT2D eigenvalue weighted by Gasteiger charge is 2.17. The van der Waals surface area contributed by atoms with E-state index in [2.05, 4.69) is 12.6 Å². The summed E-state index contributed by atoms with van der Waals surface area (Å²) in [6.07, 6.45) is 2.30. The van der Waals surface area contributed by atoms with Crippen molar-refractivity contribution in [1.29, 1.82) is 5.26 Å². The van der Waals surface area contributed by atoms with Crippen LogP contribution in [0.5, 0.6) is 17.2 Å². The molecule has 0 bridgehead atoms. The first-order chi connectivity index (χ1) is 8.71. The van der Waals surface area contributed by atoms with Crippen molar-refractivity contribution in [2.75, 3.05) is 21.3 Å². The highest BCUT2D eigenvalue weighted by Crippen LogP contribution is 2.40. The molecule has 4 nitrogen and oxygen atoms in total. The fraction of sp³-hybridized carbons (Fsp3) is 0.357. The highest BCUT2D eigenvalue weighted by atomic mass is 16.5. The van der Waals surface area contributed by atoms with E-state index in [-0.39, 0.29) is 5.92 Å². The normalized spacial score (nSPS) is 11.2. The summed E-state index contributed by atoms with van der Waals surface area (Å²) in [5, 5.41) is 9.15. The molecule has 0 saturated carbocycles. The SMILES string of the molecule is C=CC[C@H](C#N)c1cc(OC)c(OC)c(OC)c1. The lowest BCUT2D eigenvalue weighted by molar-refractivity contribution is 0.323. The van der Waals surface area contributed by atoms with Crippen LogP contribution in [0.3, 0.4) is 0 Å². The monoisotopic (exact) mass is 247 g/mol. The molecular weight excluding hydrogens is 230 g/mol. The summed E-state index contributed by atoms with van der Waals surface area (Å²) in [5.41, 5.74) is 0.826. The Balaban J connectivity index is 3.30. The fourth-order valence-corrected chi connectivity index (χ4v) is 1.73. The Hall–Kier alpha value is -2.15. The molecule has 4 heteroatoms. The van der Waals surface area contributed by atoms with Crippen molar-refractivity contribution in [3.05, 3.63) is 30.4 Å². The molecule has 0 aromatic heterocycles. The molecule has 0 spiro atoms. The van der Waals surface area contributed by atoms with Gasteiger partial charge in [-0.05, 0) is 24.1 Å². The Morgan fingerprint density at radius 2 is 1.78 bits per heavy atom. The predicted molar refractivity (Wildman–Crippen MR) is 69.3 cm³/mol. The molecule has 1 aromatic rings. The van der Waals surface area contributed by atoms with Crippen molar-refractivity contribution in [3.8, 4) is 23.3 Å². The number of ether oxygens (including phenoxy) is 3. The number of benzene rings is 1. The summed E-state index contributed by atoms with van der Waals surface area (Å²) in [7, 11) is 4.65. The zero-order valence-corrected chi connectivity index (χ0v) is 10.9. The Morgan fingerprint density at radius 1 is 1.22 bits per heavy atom. The van der Waals surface area contributed by atoms with Crippen molar-refractivity contribution in [2.24, 2.45) is 0 Å². The summed E-state index contributed by atoms with van der Waals surface area (Å²) in [4.78, 5) is 0. The van der Waals surface area contributed by atoms with Crippen molar-refractivity contribution in [3.63, 3.8) is 0 Å². The second-order valence-corrected chi connectivity index (χ2v) is 3.66. The molecule has 0 heterocycles. The summed E-state index contributed by atoms with van der Waals surface area (Å²) in [6.45, 7) is 3.65. The zero-order valence-electron chi connectivity index (χ0n) is 10.9. The minimum atomic E-state index is -0.267. The number of hydrogen-bond donors (Lipinski definition) is 0. The first-order valence-electron chi connectivity index (χ1n) is 5.52. The van der Waals surface area contributed by atoms with Crippen LogP contribution >= 0.6 is 0 Å². The van der Waals surface area contributed by atoms with Gasteiger partial charge in [0, 0.05) is 0 Å². The van der Waals surface area contributed by atoms with Gasteiger partial charge in [-0.3, -0.25) is 0 Å². The molecule has 0 saturated heterocycles. The van der Waals surface area contributed by atoms with Gasteiger partial charge in [0.2, 0.25) is 5.75 Å². The lowest BCUT2D eigenvalue weighted by Gasteiger charge is -2.15. The molecule has 18 heavy (non-hydrogen) atoms. The van der Waals surface area contributed by atoms with E-state index < -0.39 is 0 Å². The maximum atomic E-state index is 9.15. The molecule has 1 rings (SSSR count). The number of hydrogen-bond acceptors (Lipinski definition) is 4.